The first-order chi connectivity index (χ1) is 10.6. The van der Waals surface area contributed by atoms with Gasteiger partial charge in [0.05, 0.1) is 19.9 Å². The van der Waals surface area contributed by atoms with E-state index in [0.29, 0.717) is 16.7 Å². The predicted octanol–water partition coefficient (Wildman–Crippen LogP) is 4.88. The van der Waals surface area contributed by atoms with Crippen LogP contribution in [0.4, 0.5) is 0 Å². The van der Waals surface area contributed by atoms with E-state index in [0.717, 1.165) is 22.0 Å². The molecule has 2 aromatic carbocycles. The maximum Gasteiger partial charge on any atom is 0.161 e. The molecule has 1 aromatic heterocycles. The highest BCUT2D eigenvalue weighted by Gasteiger charge is 2.10. The van der Waals surface area contributed by atoms with Crippen molar-refractivity contribution >= 4 is 22.4 Å². The number of pyridine rings is 1. The Morgan fingerprint density at radius 2 is 1.68 bits per heavy atom. The van der Waals surface area contributed by atoms with Crippen molar-refractivity contribution in [3.05, 3.63) is 53.2 Å². The number of benzene rings is 2. The van der Waals surface area contributed by atoms with Crippen molar-refractivity contribution in [2.24, 2.45) is 0 Å². The van der Waals surface area contributed by atoms with Gasteiger partial charge in [-0.05, 0) is 36.6 Å². The van der Waals surface area contributed by atoms with Gasteiger partial charge in [0.25, 0.3) is 0 Å². The summed E-state index contributed by atoms with van der Waals surface area (Å²) in [4.78, 5) is 4.50. The second kappa shape index (κ2) is 5.85. The molecule has 0 atom stereocenters. The highest BCUT2D eigenvalue weighted by Crippen LogP contribution is 2.34. The number of methoxy groups -OCH3 is 2. The first-order valence-corrected chi connectivity index (χ1v) is 7.29. The average molecular weight is 314 g/mol. The largest absolute Gasteiger partial charge is 0.493 e. The van der Waals surface area contributed by atoms with Gasteiger partial charge in [0, 0.05) is 10.9 Å². The molecule has 0 amide bonds. The number of rotatable bonds is 3. The minimum atomic E-state index is 0.502. The number of hydrogen-bond acceptors (Lipinski definition) is 3. The van der Waals surface area contributed by atoms with Gasteiger partial charge in [0.2, 0.25) is 0 Å². The van der Waals surface area contributed by atoms with Crippen molar-refractivity contribution in [3.8, 4) is 22.8 Å². The van der Waals surface area contributed by atoms with Crippen LogP contribution in [-0.2, 0) is 0 Å². The third-order valence-electron chi connectivity index (χ3n) is 3.62. The third kappa shape index (κ3) is 2.60. The lowest BCUT2D eigenvalue weighted by molar-refractivity contribution is 0.355. The van der Waals surface area contributed by atoms with E-state index in [2.05, 4.69) is 18.0 Å². The van der Waals surface area contributed by atoms with Crippen LogP contribution in [0.25, 0.3) is 22.0 Å². The summed E-state index contributed by atoms with van der Waals surface area (Å²) in [6.07, 6.45) is 0. The molecule has 22 heavy (non-hydrogen) atoms. The van der Waals surface area contributed by atoms with E-state index in [1.54, 1.807) is 14.2 Å². The lowest BCUT2D eigenvalue weighted by Gasteiger charge is -2.10. The van der Waals surface area contributed by atoms with Gasteiger partial charge < -0.3 is 9.47 Å². The van der Waals surface area contributed by atoms with Crippen molar-refractivity contribution < 1.29 is 9.47 Å². The van der Waals surface area contributed by atoms with Crippen molar-refractivity contribution in [2.75, 3.05) is 14.2 Å². The number of ether oxygens (including phenoxy) is 2. The highest BCUT2D eigenvalue weighted by atomic mass is 35.5. The quantitative estimate of drug-likeness (QED) is 0.646. The van der Waals surface area contributed by atoms with Crippen molar-refractivity contribution in [1.82, 2.24) is 4.98 Å². The van der Waals surface area contributed by atoms with Crippen LogP contribution in [0.5, 0.6) is 11.5 Å². The second-order valence-corrected chi connectivity index (χ2v) is 5.45. The number of nitrogens with zero attached hydrogens (tertiary/aromatic N) is 1. The number of hydrogen-bond donors (Lipinski definition) is 0. The molecule has 1 heterocycles. The van der Waals surface area contributed by atoms with Crippen LogP contribution < -0.4 is 9.47 Å². The normalized spacial score (nSPS) is 10.7. The number of aryl methyl sites for hydroxylation is 1. The summed E-state index contributed by atoms with van der Waals surface area (Å²) < 4.78 is 10.6. The van der Waals surface area contributed by atoms with Crippen LogP contribution in [0.3, 0.4) is 0 Å². The smallest absolute Gasteiger partial charge is 0.161 e. The maximum atomic E-state index is 6.33. The fourth-order valence-corrected chi connectivity index (χ4v) is 2.74. The van der Waals surface area contributed by atoms with E-state index in [1.165, 1.54) is 5.56 Å². The molecule has 0 saturated heterocycles. The molecule has 0 aliphatic carbocycles. The van der Waals surface area contributed by atoms with Crippen LogP contribution in [0.2, 0.25) is 5.15 Å². The topological polar surface area (TPSA) is 31.4 Å². The van der Waals surface area contributed by atoms with E-state index >= 15 is 0 Å². The van der Waals surface area contributed by atoms with Crippen LogP contribution in [0, 0.1) is 6.92 Å². The molecule has 0 fully saturated rings. The summed E-state index contributed by atoms with van der Waals surface area (Å²) in [5, 5.41) is 2.53. The van der Waals surface area contributed by atoms with Gasteiger partial charge in [-0.25, -0.2) is 4.98 Å². The van der Waals surface area contributed by atoms with E-state index < -0.39 is 0 Å². The zero-order valence-corrected chi connectivity index (χ0v) is 13.4. The maximum absolute atomic E-state index is 6.33. The summed E-state index contributed by atoms with van der Waals surface area (Å²) in [7, 11) is 3.23. The van der Waals surface area contributed by atoms with Crippen LogP contribution >= 0.6 is 11.6 Å². The Bertz CT molecular complexity index is 846. The Morgan fingerprint density at radius 1 is 0.909 bits per heavy atom. The van der Waals surface area contributed by atoms with Crippen LogP contribution in [0.1, 0.15) is 5.56 Å². The second-order valence-electron chi connectivity index (χ2n) is 5.09. The average Bonchev–Trinajstić information content (AvgIpc) is 2.53. The zero-order valence-electron chi connectivity index (χ0n) is 12.7. The minimum absolute atomic E-state index is 0.502. The molecule has 0 radical (unpaired) electrons. The monoisotopic (exact) mass is 313 g/mol. The van der Waals surface area contributed by atoms with Gasteiger partial charge in [0.1, 0.15) is 5.15 Å². The van der Waals surface area contributed by atoms with Crippen LogP contribution in [0.15, 0.2) is 42.5 Å². The molecule has 3 aromatic rings. The number of aromatic nitrogens is 1. The van der Waals surface area contributed by atoms with Crippen molar-refractivity contribution in [3.63, 3.8) is 0 Å². The Hall–Kier alpha value is -2.26. The summed E-state index contributed by atoms with van der Waals surface area (Å²) in [6.45, 7) is 2.06. The summed E-state index contributed by atoms with van der Waals surface area (Å²) in [6, 6.07) is 13.9. The lowest BCUT2D eigenvalue weighted by atomic mass is 10.1. The van der Waals surface area contributed by atoms with E-state index in [1.807, 2.05) is 36.4 Å². The lowest BCUT2D eigenvalue weighted by Crippen LogP contribution is -1.92. The molecule has 0 saturated carbocycles. The molecule has 3 rings (SSSR count). The summed E-state index contributed by atoms with van der Waals surface area (Å²) >= 11 is 6.33. The third-order valence-corrected chi connectivity index (χ3v) is 3.91. The van der Waals surface area contributed by atoms with Gasteiger partial charge in [-0.15, -0.1) is 0 Å². The number of halogens is 1. The Morgan fingerprint density at radius 3 is 2.41 bits per heavy atom. The molecule has 0 aliphatic rings. The van der Waals surface area contributed by atoms with Gasteiger partial charge in [-0.1, -0.05) is 35.4 Å². The molecule has 0 bridgehead atoms. The number of fused-ring (bicyclic) bond motifs is 1. The molecular formula is C18H16ClNO2. The Labute approximate surface area is 134 Å². The van der Waals surface area contributed by atoms with Gasteiger partial charge >= 0.3 is 0 Å². The molecule has 3 nitrogen and oxygen atoms in total. The minimum Gasteiger partial charge on any atom is -0.493 e. The fraction of sp³-hybridized carbons (Fsp3) is 0.167. The Balaban J connectivity index is 2.17. The van der Waals surface area contributed by atoms with E-state index in [9.17, 15) is 0 Å². The highest BCUT2D eigenvalue weighted by molar-refractivity contribution is 6.34. The Kier molecular flexibility index (Phi) is 3.90. The first kappa shape index (κ1) is 14.7. The van der Waals surface area contributed by atoms with Gasteiger partial charge in [0.15, 0.2) is 11.5 Å². The van der Waals surface area contributed by atoms with Crippen LogP contribution in [-0.4, -0.2) is 19.2 Å². The molecule has 0 spiro atoms. The van der Waals surface area contributed by atoms with E-state index in [4.69, 9.17) is 21.1 Å². The van der Waals surface area contributed by atoms with Gasteiger partial charge in [-0.2, -0.15) is 0 Å². The summed E-state index contributed by atoms with van der Waals surface area (Å²) in [5.74, 6) is 1.36. The molecule has 4 heteroatoms. The van der Waals surface area contributed by atoms with E-state index in [-0.39, 0.29) is 0 Å². The zero-order chi connectivity index (χ0) is 15.7. The molecular weight excluding hydrogens is 298 g/mol. The standard InChI is InChI=1S/C18H16ClNO2/c1-11-4-6-14-13(8-11)9-15(20-18(14)19)12-5-7-16(21-2)17(10-12)22-3/h4-10H,1-3H3. The predicted molar refractivity (Wildman–Crippen MR) is 90.0 cm³/mol. The molecule has 0 aliphatic heterocycles. The molecule has 0 unspecified atom stereocenters. The fourth-order valence-electron chi connectivity index (χ4n) is 2.48. The SMILES string of the molecule is COc1ccc(-c2cc3cc(C)ccc3c(Cl)n2)cc1OC. The molecule has 0 N–H and O–H groups in total. The van der Waals surface area contributed by atoms with Gasteiger partial charge in [-0.3, -0.25) is 0 Å². The van der Waals surface area contributed by atoms with Crippen molar-refractivity contribution in [1.29, 1.82) is 0 Å². The first-order valence-electron chi connectivity index (χ1n) is 6.91. The summed E-state index contributed by atoms with van der Waals surface area (Å²) in [5.41, 5.74) is 2.93. The molecule has 112 valence electrons. The van der Waals surface area contributed by atoms with Crippen molar-refractivity contribution in [2.45, 2.75) is 6.92 Å².